The first-order valence-corrected chi connectivity index (χ1v) is 16.7. The van der Waals surface area contributed by atoms with Gasteiger partial charge >= 0.3 is 5.97 Å². The van der Waals surface area contributed by atoms with Crippen LogP contribution in [0.2, 0.25) is 0 Å². The molecule has 5 atom stereocenters. The van der Waals surface area contributed by atoms with Gasteiger partial charge in [-0.15, -0.1) is 0 Å². The Kier molecular flexibility index (Phi) is 12.2. The Morgan fingerprint density at radius 2 is 1.77 bits per heavy atom. The average molecular weight is 659 g/mol. The van der Waals surface area contributed by atoms with E-state index in [1.165, 1.54) is 4.90 Å². The number of benzene rings is 2. The van der Waals surface area contributed by atoms with Crippen LogP contribution < -0.4 is 21.3 Å². The Balaban J connectivity index is 1.53. The predicted octanol–water partition coefficient (Wildman–Crippen LogP) is 2.84. The number of esters is 1. The van der Waals surface area contributed by atoms with Crippen LogP contribution in [-0.4, -0.2) is 71.8 Å². The van der Waals surface area contributed by atoms with E-state index in [1.54, 1.807) is 26.8 Å². The van der Waals surface area contributed by atoms with Crippen molar-refractivity contribution in [3.8, 4) is 6.07 Å². The summed E-state index contributed by atoms with van der Waals surface area (Å²) >= 11 is 0. The van der Waals surface area contributed by atoms with Gasteiger partial charge in [0.1, 0.15) is 30.2 Å². The normalized spacial score (nSPS) is 18.2. The van der Waals surface area contributed by atoms with Crippen molar-refractivity contribution in [2.45, 2.75) is 96.9 Å². The maximum atomic E-state index is 14.3. The number of hydrogen-bond donors (Lipinski definition) is 4. The predicted molar refractivity (Wildman–Crippen MR) is 179 cm³/mol. The molecule has 256 valence electrons. The molecule has 0 spiro atoms. The van der Waals surface area contributed by atoms with E-state index in [9.17, 15) is 29.2 Å². The first-order chi connectivity index (χ1) is 23.0. The SMILES string of the molecule is CCC[C@H](NC(=O)C1Cc2ccccc2N1)C(=O)N[C@H](C(=O)N1CCc2cc(C)ccc2[C@H]1C(=O)N[C@H](C#N)CC(=O)OCC)C(C)C. The van der Waals surface area contributed by atoms with E-state index in [2.05, 4.69) is 21.3 Å². The Labute approximate surface area is 282 Å². The smallest absolute Gasteiger partial charge is 0.308 e. The minimum absolute atomic E-state index is 0.138. The van der Waals surface area contributed by atoms with E-state index in [4.69, 9.17) is 4.74 Å². The van der Waals surface area contributed by atoms with Crippen molar-refractivity contribution in [3.63, 3.8) is 0 Å². The summed E-state index contributed by atoms with van der Waals surface area (Å²) in [5.74, 6) is -2.84. The largest absolute Gasteiger partial charge is 0.466 e. The third-order valence-corrected chi connectivity index (χ3v) is 8.74. The highest BCUT2D eigenvalue weighted by Gasteiger charge is 2.41. The molecule has 2 aliphatic heterocycles. The van der Waals surface area contributed by atoms with Crippen LogP contribution in [0.5, 0.6) is 0 Å². The van der Waals surface area contributed by atoms with Crippen LogP contribution in [0.3, 0.4) is 0 Å². The van der Waals surface area contributed by atoms with Crippen LogP contribution >= 0.6 is 0 Å². The van der Waals surface area contributed by atoms with Crippen molar-refractivity contribution in [2.24, 2.45) is 5.92 Å². The second-order valence-corrected chi connectivity index (χ2v) is 12.7. The quantitative estimate of drug-likeness (QED) is 0.238. The van der Waals surface area contributed by atoms with Crippen molar-refractivity contribution >= 4 is 35.3 Å². The van der Waals surface area contributed by atoms with Gasteiger partial charge in [0.05, 0.1) is 19.1 Å². The Bertz CT molecular complexity index is 1540. The maximum Gasteiger partial charge on any atom is 0.308 e. The molecule has 2 aromatic carbocycles. The van der Waals surface area contributed by atoms with Crippen molar-refractivity contribution in [2.75, 3.05) is 18.5 Å². The lowest BCUT2D eigenvalue weighted by Crippen LogP contribution is -2.59. The molecule has 0 bridgehead atoms. The van der Waals surface area contributed by atoms with Crippen LogP contribution in [0.25, 0.3) is 0 Å². The van der Waals surface area contributed by atoms with Crippen LogP contribution in [0.4, 0.5) is 5.69 Å². The summed E-state index contributed by atoms with van der Waals surface area (Å²) in [5, 5.41) is 21.3. The number of carbonyl (C=O) groups excluding carboxylic acids is 5. The number of anilines is 1. The second-order valence-electron chi connectivity index (χ2n) is 12.7. The van der Waals surface area contributed by atoms with E-state index in [-0.39, 0.29) is 31.4 Å². The average Bonchev–Trinajstić information content (AvgIpc) is 3.50. The highest BCUT2D eigenvalue weighted by molar-refractivity contribution is 5.96. The standard InChI is InChI=1S/C36H46N6O6/c1-6-10-28(40-34(45)29-18-24-11-8-9-12-27(24)39-29)33(44)41-31(21(3)4)36(47)42-16-15-23-17-22(5)13-14-26(23)32(42)35(46)38-25(20-37)19-30(43)48-7-2/h8-9,11-14,17,21,25,28-29,31-32,39H,6-7,10,15-16,18-19H2,1-5H3,(H,38,46)(H,40,45)(H,41,44)/t25-,28-,29?,31-,32-/m0/s1. The molecule has 0 saturated heterocycles. The molecule has 0 aliphatic carbocycles. The summed E-state index contributed by atoms with van der Waals surface area (Å²) in [7, 11) is 0. The van der Waals surface area contributed by atoms with Gasteiger partial charge in [-0.05, 0) is 55.4 Å². The molecule has 2 heterocycles. The van der Waals surface area contributed by atoms with Crippen molar-refractivity contribution in [1.29, 1.82) is 5.26 Å². The minimum atomic E-state index is -1.16. The lowest BCUT2D eigenvalue weighted by atomic mass is 9.89. The first kappa shape index (κ1) is 35.9. The third-order valence-electron chi connectivity index (χ3n) is 8.74. The monoisotopic (exact) mass is 658 g/mol. The Hall–Kier alpha value is -4.92. The van der Waals surface area contributed by atoms with Gasteiger partial charge in [-0.1, -0.05) is 69.2 Å². The lowest BCUT2D eigenvalue weighted by Gasteiger charge is -2.39. The molecular formula is C36H46N6O6. The molecule has 12 nitrogen and oxygen atoms in total. The van der Waals surface area contributed by atoms with E-state index >= 15 is 0 Å². The zero-order chi connectivity index (χ0) is 35.0. The van der Waals surface area contributed by atoms with Crippen molar-refractivity contribution in [1.82, 2.24) is 20.9 Å². The van der Waals surface area contributed by atoms with Gasteiger partial charge in [-0.2, -0.15) is 5.26 Å². The highest BCUT2D eigenvalue weighted by atomic mass is 16.5. The van der Waals surface area contributed by atoms with E-state index in [1.807, 2.05) is 56.3 Å². The van der Waals surface area contributed by atoms with E-state index in [0.29, 0.717) is 31.2 Å². The molecule has 0 radical (unpaired) electrons. The Morgan fingerprint density at radius 3 is 2.44 bits per heavy atom. The summed E-state index contributed by atoms with van der Waals surface area (Å²) in [6.45, 7) is 9.44. The fourth-order valence-electron chi connectivity index (χ4n) is 6.27. The van der Waals surface area contributed by atoms with E-state index < -0.39 is 53.9 Å². The van der Waals surface area contributed by atoms with Crippen LogP contribution in [-0.2, 0) is 41.6 Å². The van der Waals surface area contributed by atoms with Crippen molar-refractivity contribution in [3.05, 3.63) is 64.7 Å². The topological polar surface area (TPSA) is 170 Å². The molecule has 1 unspecified atom stereocenters. The zero-order valence-corrected chi connectivity index (χ0v) is 28.3. The first-order valence-electron chi connectivity index (χ1n) is 16.7. The number of ether oxygens (including phenoxy) is 1. The number of nitrogens with zero attached hydrogens (tertiary/aromatic N) is 2. The zero-order valence-electron chi connectivity index (χ0n) is 28.3. The van der Waals surface area contributed by atoms with Gasteiger partial charge in [0, 0.05) is 18.7 Å². The number of para-hydroxylation sites is 1. The number of nitriles is 1. The van der Waals surface area contributed by atoms with E-state index in [0.717, 1.165) is 22.4 Å². The molecule has 2 aliphatic rings. The molecular weight excluding hydrogens is 612 g/mol. The van der Waals surface area contributed by atoms with Gasteiger partial charge in [-0.25, -0.2) is 0 Å². The Morgan fingerprint density at radius 1 is 1.02 bits per heavy atom. The van der Waals surface area contributed by atoms with Crippen LogP contribution in [0.1, 0.15) is 75.3 Å². The van der Waals surface area contributed by atoms with Gasteiger partial charge in [0.2, 0.25) is 23.6 Å². The molecule has 0 saturated carbocycles. The highest BCUT2D eigenvalue weighted by Crippen LogP contribution is 2.32. The number of rotatable bonds is 13. The third kappa shape index (κ3) is 8.51. The fraction of sp³-hybridized carbons (Fsp3) is 0.500. The molecule has 4 N–H and O–H groups in total. The molecule has 4 amide bonds. The summed E-state index contributed by atoms with van der Waals surface area (Å²) in [6.07, 6.45) is 1.64. The summed E-state index contributed by atoms with van der Waals surface area (Å²) in [4.78, 5) is 68.7. The summed E-state index contributed by atoms with van der Waals surface area (Å²) in [5.41, 5.74) is 4.42. The maximum absolute atomic E-state index is 14.3. The number of aryl methyl sites for hydroxylation is 1. The fourth-order valence-corrected chi connectivity index (χ4v) is 6.27. The van der Waals surface area contributed by atoms with Crippen LogP contribution in [0, 0.1) is 24.2 Å². The van der Waals surface area contributed by atoms with Gasteiger partial charge in [-0.3, -0.25) is 24.0 Å². The lowest BCUT2D eigenvalue weighted by molar-refractivity contribution is -0.146. The summed E-state index contributed by atoms with van der Waals surface area (Å²) < 4.78 is 4.95. The minimum Gasteiger partial charge on any atom is -0.466 e. The number of fused-ring (bicyclic) bond motifs is 2. The molecule has 4 rings (SSSR count). The van der Waals surface area contributed by atoms with Gasteiger partial charge in [0.25, 0.3) is 0 Å². The molecule has 0 aromatic heterocycles. The summed E-state index contributed by atoms with van der Waals surface area (Å²) in [6, 6.07) is 10.6. The van der Waals surface area contributed by atoms with Crippen LogP contribution in [0.15, 0.2) is 42.5 Å². The number of nitrogens with one attached hydrogen (secondary N) is 4. The molecule has 0 fully saturated rings. The number of amides is 4. The van der Waals surface area contributed by atoms with Gasteiger partial charge in [0.15, 0.2) is 0 Å². The second kappa shape index (κ2) is 16.3. The number of carbonyl (C=O) groups is 5. The van der Waals surface area contributed by atoms with Crippen molar-refractivity contribution < 1.29 is 28.7 Å². The molecule has 12 heteroatoms. The van der Waals surface area contributed by atoms with Gasteiger partial charge < -0.3 is 30.9 Å². The molecule has 2 aromatic rings. The number of hydrogen-bond acceptors (Lipinski definition) is 8. The molecule has 48 heavy (non-hydrogen) atoms.